The lowest BCUT2D eigenvalue weighted by Crippen LogP contribution is -2.27. The molecule has 0 spiro atoms. The zero-order valence-electron chi connectivity index (χ0n) is 13.2. The van der Waals surface area contributed by atoms with E-state index >= 15 is 0 Å². The van der Waals surface area contributed by atoms with E-state index in [9.17, 15) is 10.0 Å². The average molecular weight is 374 g/mol. The van der Waals surface area contributed by atoms with Gasteiger partial charge in [-0.05, 0) is 25.2 Å². The second-order valence-electron chi connectivity index (χ2n) is 5.09. The maximum Gasteiger partial charge on any atom is 0.263 e. The minimum absolute atomic E-state index is 0.251. The van der Waals surface area contributed by atoms with Gasteiger partial charge in [-0.3, -0.25) is 19.8 Å². The number of nitrogens with zero attached hydrogens (tertiary/aromatic N) is 4. The first-order valence-corrected chi connectivity index (χ1v) is 8.46. The van der Waals surface area contributed by atoms with E-state index in [1.54, 1.807) is 16.7 Å². The van der Waals surface area contributed by atoms with Crippen LogP contribution in [-0.4, -0.2) is 25.7 Å². The van der Waals surface area contributed by atoms with Crippen molar-refractivity contribution in [3.05, 3.63) is 58.4 Å². The summed E-state index contributed by atoms with van der Waals surface area (Å²) >= 11 is 6.50. The highest BCUT2D eigenvalue weighted by molar-refractivity contribution is 7.71. The molecule has 128 valence electrons. The lowest BCUT2D eigenvalue weighted by Gasteiger charge is -2.02. The maximum absolute atomic E-state index is 12.2. The van der Waals surface area contributed by atoms with Crippen LogP contribution < -0.4 is 10.0 Å². The van der Waals surface area contributed by atoms with E-state index in [-0.39, 0.29) is 5.56 Å². The van der Waals surface area contributed by atoms with Crippen molar-refractivity contribution >= 4 is 34.6 Å². The molecule has 8 nitrogen and oxygen atoms in total. The normalized spacial score (nSPS) is 10.6. The molecule has 3 aromatic heterocycles. The number of allylic oxidation sites excluding steroid dienone is 1. The van der Waals surface area contributed by atoms with Crippen LogP contribution in [0, 0.1) is 16.9 Å². The van der Waals surface area contributed by atoms with Gasteiger partial charge in [0, 0.05) is 12.6 Å². The van der Waals surface area contributed by atoms with Crippen LogP contribution in [-0.2, 0) is 6.54 Å². The molecule has 0 radical (unpaired) electrons. The van der Waals surface area contributed by atoms with E-state index in [1.165, 1.54) is 29.8 Å². The van der Waals surface area contributed by atoms with E-state index in [0.717, 1.165) is 4.88 Å². The van der Waals surface area contributed by atoms with E-state index in [4.69, 9.17) is 12.2 Å². The van der Waals surface area contributed by atoms with Crippen LogP contribution in [0.1, 0.15) is 16.1 Å². The monoisotopic (exact) mass is 374 g/mol. The number of hydrogen-bond acceptors (Lipinski definition) is 6. The van der Waals surface area contributed by atoms with Gasteiger partial charge in [0.2, 0.25) is 0 Å². The number of rotatable bonds is 5. The molecule has 1 amide bonds. The molecule has 0 bridgehead atoms. The Morgan fingerprint density at radius 3 is 3.16 bits per heavy atom. The topological polar surface area (TPSA) is 103 Å². The van der Waals surface area contributed by atoms with Crippen molar-refractivity contribution in [3.63, 3.8) is 0 Å². The molecule has 0 saturated heterocycles. The number of thiazole rings is 1. The Morgan fingerprint density at radius 1 is 1.64 bits per heavy atom. The summed E-state index contributed by atoms with van der Waals surface area (Å²) in [5, 5.41) is 21.4. The van der Waals surface area contributed by atoms with Crippen molar-refractivity contribution in [1.29, 1.82) is 0 Å². The molecule has 0 aliphatic heterocycles. The summed E-state index contributed by atoms with van der Waals surface area (Å²) in [5.74, 6) is 0.230. The molecular weight excluding hydrogens is 360 g/mol. The van der Waals surface area contributed by atoms with Gasteiger partial charge in [-0.1, -0.05) is 17.4 Å². The lowest BCUT2D eigenvalue weighted by molar-refractivity contribution is -0.605. The minimum Gasteiger partial charge on any atom is -0.619 e. The Balaban J connectivity index is 1.89. The Morgan fingerprint density at radius 2 is 2.44 bits per heavy atom. The molecule has 0 fully saturated rings. The summed E-state index contributed by atoms with van der Waals surface area (Å²) in [4.78, 5) is 17.4. The lowest BCUT2D eigenvalue weighted by atomic mass is 10.3. The highest BCUT2D eigenvalue weighted by atomic mass is 32.1. The van der Waals surface area contributed by atoms with Crippen LogP contribution in [0.2, 0.25) is 0 Å². The number of aromatic nitrogens is 5. The fraction of sp³-hybridized carbons (Fsp3) is 0.133. The molecule has 3 heterocycles. The zero-order valence-corrected chi connectivity index (χ0v) is 14.9. The van der Waals surface area contributed by atoms with Gasteiger partial charge in [0.15, 0.2) is 28.1 Å². The van der Waals surface area contributed by atoms with Gasteiger partial charge in [-0.15, -0.1) is 6.58 Å². The largest absolute Gasteiger partial charge is 0.619 e. The molecule has 0 unspecified atom stereocenters. The summed E-state index contributed by atoms with van der Waals surface area (Å²) < 4.78 is 2.85. The van der Waals surface area contributed by atoms with Gasteiger partial charge in [-0.2, -0.15) is 9.83 Å². The van der Waals surface area contributed by atoms with Crippen LogP contribution in [0.15, 0.2) is 37.2 Å². The predicted octanol–water partition coefficient (Wildman–Crippen LogP) is 2.44. The molecule has 25 heavy (non-hydrogen) atoms. The van der Waals surface area contributed by atoms with Crippen molar-refractivity contribution < 1.29 is 9.52 Å². The molecule has 3 rings (SSSR count). The fourth-order valence-electron chi connectivity index (χ4n) is 2.21. The molecule has 2 N–H and O–H groups in total. The first-order chi connectivity index (χ1) is 12.0. The summed E-state index contributed by atoms with van der Waals surface area (Å²) in [5.41, 5.74) is 0.966. The molecule has 0 aromatic carbocycles. The van der Waals surface area contributed by atoms with Crippen LogP contribution in [0.25, 0.3) is 10.7 Å². The second-order valence-corrected chi connectivity index (χ2v) is 6.48. The predicted molar refractivity (Wildman–Crippen MR) is 96.8 cm³/mol. The van der Waals surface area contributed by atoms with Crippen molar-refractivity contribution in [2.75, 3.05) is 5.32 Å². The number of aromatic amines is 1. The van der Waals surface area contributed by atoms with Crippen LogP contribution in [0.5, 0.6) is 0 Å². The van der Waals surface area contributed by atoms with Crippen LogP contribution in [0.4, 0.5) is 5.13 Å². The first kappa shape index (κ1) is 17.0. The van der Waals surface area contributed by atoms with Crippen LogP contribution in [0.3, 0.4) is 0 Å². The van der Waals surface area contributed by atoms with Crippen molar-refractivity contribution in [2.24, 2.45) is 0 Å². The van der Waals surface area contributed by atoms with Crippen molar-refractivity contribution in [2.45, 2.75) is 13.5 Å². The third-order valence-electron chi connectivity index (χ3n) is 3.33. The second kappa shape index (κ2) is 6.95. The molecule has 3 aromatic rings. The van der Waals surface area contributed by atoms with E-state index in [1.807, 2.05) is 6.92 Å². The quantitative estimate of drug-likeness (QED) is 0.309. The van der Waals surface area contributed by atoms with E-state index in [0.29, 0.717) is 32.7 Å². The minimum atomic E-state index is -0.407. The highest BCUT2D eigenvalue weighted by Gasteiger charge is 2.18. The summed E-state index contributed by atoms with van der Waals surface area (Å²) in [6.45, 7) is 6.05. The third-order valence-corrected chi connectivity index (χ3v) is 4.71. The van der Waals surface area contributed by atoms with Gasteiger partial charge >= 0.3 is 0 Å². The number of carbonyl (C=O) groups excluding carboxylic acids is 1. The van der Waals surface area contributed by atoms with Gasteiger partial charge < -0.3 is 5.21 Å². The van der Waals surface area contributed by atoms with Crippen LogP contribution >= 0.6 is 23.6 Å². The van der Waals surface area contributed by atoms with Gasteiger partial charge in [0.05, 0.1) is 10.6 Å². The van der Waals surface area contributed by atoms with E-state index < -0.39 is 5.91 Å². The molecular formula is C15H14N6O2S2. The number of hydrogen-bond donors (Lipinski definition) is 2. The Hall–Kier alpha value is -2.85. The molecule has 10 heteroatoms. The van der Waals surface area contributed by atoms with Gasteiger partial charge in [0.1, 0.15) is 5.56 Å². The molecule has 0 saturated carbocycles. The highest BCUT2D eigenvalue weighted by Crippen LogP contribution is 2.31. The standard InChI is InChI=1S/C15H14N6O2S2/c1-3-6-21-12(18-19-15(21)24)11-9(2)16-14(25-11)17-13(22)10-5-4-7-20(23)8-10/h3-5,7-8H,1,6H2,2H3,(H,19,24)(H,16,17,22). The Labute approximate surface area is 152 Å². The summed E-state index contributed by atoms with van der Waals surface area (Å²) in [7, 11) is 0. The van der Waals surface area contributed by atoms with E-state index in [2.05, 4.69) is 27.1 Å². The SMILES string of the molecule is C=CCn1c(-c2sc(NC(=O)c3ccc[n+]([O-])c3)nc2C)n[nH]c1=S. The molecule has 0 atom stereocenters. The maximum atomic E-state index is 12.2. The summed E-state index contributed by atoms with van der Waals surface area (Å²) in [6.07, 6.45) is 4.23. The number of nitrogens with one attached hydrogen (secondary N) is 2. The van der Waals surface area contributed by atoms with Gasteiger partial charge in [-0.25, -0.2) is 4.98 Å². The number of pyridine rings is 1. The number of carbonyl (C=O) groups is 1. The molecule has 0 aliphatic carbocycles. The smallest absolute Gasteiger partial charge is 0.263 e. The summed E-state index contributed by atoms with van der Waals surface area (Å²) in [6, 6.07) is 3.06. The average Bonchev–Trinajstić information content (AvgIpc) is 3.11. The zero-order chi connectivity index (χ0) is 18.0. The number of amides is 1. The number of H-pyrrole nitrogens is 1. The fourth-order valence-corrected chi connectivity index (χ4v) is 3.37. The molecule has 0 aliphatic rings. The van der Waals surface area contributed by atoms with Crippen molar-refractivity contribution in [3.8, 4) is 10.7 Å². The van der Waals surface area contributed by atoms with Crippen molar-refractivity contribution in [1.82, 2.24) is 19.7 Å². The van der Waals surface area contributed by atoms with Gasteiger partial charge in [0.25, 0.3) is 5.91 Å². The Kier molecular flexibility index (Phi) is 4.72. The first-order valence-electron chi connectivity index (χ1n) is 7.23. The number of aryl methyl sites for hydroxylation is 1. The number of anilines is 1. The Bertz CT molecular complexity index is 1000. The third kappa shape index (κ3) is 3.49.